The maximum atomic E-state index is 12.9. The first-order valence-electron chi connectivity index (χ1n) is 12.6. The van der Waals surface area contributed by atoms with Crippen LogP contribution in [-0.4, -0.2) is 62.0 Å². The molecule has 2 fully saturated rings. The number of hydrogen-bond donors (Lipinski definition) is 1. The number of likely N-dealkylation sites (N-methyl/N-ethyl adjacent to an activating group) is 1. The summed E-state index contributed by atoms with van der Waals surface area (Å²) in [6.45, 7) is 4.88. The highest BCUT2D eigenvalue weighted by Gasteiger charge is 2.46. The Kier molecular flexibility index (Phi) is 5.02. The van der Waals surface area contributed by atoms with E-state index in [-0.39, 0.29) is 18.8 Å². The van der Waals surface area contributed by atoms with Crippen molar-refractivity contribution >= 4 is 33.1 Å². The number of pyridine rings is 2. The summed E-state index contributed by atoms with van der Waals surface area (Å²) in [6, 6.07) is 9.89. The number of nitrogens with zero attached hydrogens (tertiary/aromatic N) is 5. The van der Waals surface area contributed by atoms with Gasteiger partial charge in [0.15, 0.2) is 0 Å². The number of anilines is 4. The summed E-state index contributed by atoms with van der Waals surface area (Å²) in [6.07, 6.45) is 5.82. The Morgan fingerprint density at radius 1 is 1.05 bits per heavy atom. The molecule has 4 aliphatic rings. The van der Waals surface area contributed by atoms with Gasteiger partial charge in [-0.3, -0.25) is 0 Å². The lowest BCUT2D eigenvalue weighted by Gasteiger charge is -2.30. The van der Waals surface area contributed by atoms with Crippen LogP contribution in [0.1, 0.15) is 31.4 Å². The van der Waals surface area contributed by atoms with Crippen molar-refractivity contribution in [2.45, 2.75) is 31.9 Å². The average Bonchev–Trinajstić information content (AvgIpc) is 3.50. The van der Waals surface area contributed by atoms with Crippen molar-refractivity contribution in [1.82, 2.24) is 14.3 Å². The predicted molar refractivity (Wildman–Crippen MR) is 141 cm³/mol. The highest BCUT2D eigenvalue weighted by molar-refractivity contribution is 7.90. The molecule has 0 radical (unpaired) electrons. The van der Waals surface area contributed by atoms with Crippen LogP contribution in [0, 0.1) is 0 Å². The van der Waals surface area contributed by atoms with Crippen LogP contribution < -0.4 is 24.0 Å². The minimum absolute atomic E-state index is 0.138. The third kappa shape index (κ3) is 3.59. The number of ether oxygens (including phenoxy) is 2. The smallest absolute Gasteiger partial charge is 0.304 e. The molecule has 6 heterocycles. The molecule has 1 aromatic carbocycles. The lowest BCUT2D eigenvalue weighted by molar-refractivity contribution is 0.223. The molecule has 7 rings (SSSR count). The summed E-state index contributed by atoms with van der Waals surface area (Å²) in [5, 5.41) is 3.29. The van der Waals surface area contributed by atoms with Gasteiger partial charge in [-0.05, 0) is 44.0 Å². The first-order valence-corrected chi connectivity index (χ1v) is 14.0. The maximum absolute atomic E-state index is 12.9. The highest BCUT2D eigenvalue weighted by Crippen LogP contribution is 2.45. The van der Waals surface area contributed by atoms with E-state index < -0.39 is 10.2 Å². The van der Waals surface area contributed by atoms with Gasteiger partial charge >= 0.3 is 10.2 Å². The molecule has 37 heavy (non-hydrogen) atoms. The topological polar surface area (TPSA) is 100 Å². The van der Waals surface area contributed by atoms with Gasteiger partial charge in [-0.2, -0.15) is 12.7 Å². The lowest BCUT2D eigenvalue weighted by atomic mass is 9.94. The van der Waals surface area contributed by atoms with E-state index in [1.165, 1.54) is 27.1 Å². The van der Waals surface area contributed by atoms with Crippen LogP contribution in [0.4, 0.5) is 22.9 Å². The summed E-state index contributed by atoms with van der Waals surface area (Å²) in [4.78, 5) is 11.4. The summed E-state index contributed by atoms with van der Waals surface area (Å²) in [7, 11) is -2.02. The Labute approximate surface area is 216 Å². The van der Waals surface area contributed by atoms with E-state index in [4.69, 9.17) is 9.47 Å². The van der Waals surface area contributed by atoms with Crippen LogP contribution in [-0.2, 0) is 10.2 Å². The van der Waals surface area contributed by atoms with E-state index >= 15 is 0 Å². The van der Waals surface area contributed by atoms with E-state index in [0.717, 1.165) is 35.5 Å². The minimum atomic E-state index is -3.60. The summed E-state index contributed by atoms with van der Waals surface area (Å²) in [5.74, 6) is 1.82. The number of hydrogen-bond acceptors (Lipinski definition) is 8. The van der Waals surface area contributed by atoms with Crippen molar-refractivity contribution in [2.24, 2.45) is 0 Å². The van der Waals surface area contributed by atoms with Gasteiger partial charge in [0.25, 0.3) is 0 Å². The molecule has 2 aromatic heterocycles. The number of rotatable bonds is 3. The monoisotopic (exact) mass is 520 g/mol. The molecule has 2 saturated heterocycles. The maximum Gasteiger partial charge on any atom is 0.304 e. The molecule has 1 N–H and O–H groups in total. The normalized spacial score (nSPS) is 23.4. The SMILES string of the molecule is CC1Oc2cc(N3CCCC3)ccc2-c2cnc(Nc3cnc4c(c3)N3[C@H](CO4)CN(C)S3(=O)=O)cc21. The molecule has 2 atom stereocenters. The summed E-state index contributed by atoms with van der Waals surface area (Å²) >= 11 is 0. The molecular formula is C26H28N6O4S. The van der Waals surface area contributed by atoms with Gasteiger partial charge in [0.2, 0.25) is 5.88 Å². The van der Waals surface area contributed by atoms with Gasteiger partial charge < -0.3 is 19.7 Å². The number of benzene rings is 1. The molecule has 1 unspecified atom stereocenters. The van der Waals surface area contributed by atoms with Gasteiger partial charge in [-0.25, -0.2) is 14.3 Å². The van der Waals surface area contributed by atoms with E-state index in [9.17, 15) is 8.42 Å². The predicted octanol–water partition coefficient (Wildman–Crippen LogP) is 3.70. The summed E-state index contributed by atoms with van der Waals surface area (Å²) < 4.78 is 40.6. The molecule has 192 valence electrons. The van der Waals surface area contributed by atoms with Crippen LogP contribution in [0.5, 0.6) is 11.6 Å². The van der Waals surface area contributed by atoms with E-state index in [2.05, 4.69) is 38.4 Å². The zero-order valence-electron chi connectivity index (χ0n) is 20.7. The number of nitrogens with one attached hydrogen (secondary N) is 1. The molecule has 0 amide bonds. The van der Waals surface area contributed by atoms with E-state index in [1.807, 2.05) is 19.2 Å². The number of aromatic nitrogens is 2. The van der Waals surface area contributed by atoms with Crippen molar-refractivity contribution in [1.29, 1.82) is 0 Å². The average molecular weight is 521 g/mol. The Morgan fingerprint density at radius 2 is 1.89 bits per heavy atom. The Hall–Kier alpha value is -3.57. The van der Waals surface area contributed by atoms with Gasteiger partial charge in [0.05, 0.1) is 17.9 Å². The molecule has 4 aliphatic heterocycles. The third-order valence-corrected chi connectivity index (χ3v) is 9.53. The third-order valence-electron chi connectivity index (χ3n) is 7.60. The Balaban J connectivity index is 1.19. The molecule has 0 bridgehead atoms. The van der Waals surface area contributed by atoms with Gasteiger partial charge in [-0.15, -0.1) is 0 Å². The van der Waals surface area contributed by atoms with Crippen LogP contribution >= 0.6 is 0 Å². The van der Waals surface area contributed by atoms with Crippen molar-refractivity contribution in [3.63, 3.8) is 0 Å². The van der Waals surface area contributed by atoms with Crippen LogP contribution in [0.3, 0.4) is 0 Å². The van der Waals surface area contributed by atoms with Crippen molar-refractivity contribution in [3.8, 4) is 22.8 Å². The van der Waals surface area contributed by atoms with E-state index in [0.29, 0.717) is 29.6 Å². The molecule has 10 nitrogen and oxygen atoms in total. The minimum Gasteiger partial charge on any atom is -0.485 e. The second-order valence-electron chi connectivity index (χ2n) is 10.0. The fourth-order valence-corrected chi connectivity index (χ4v) is 7.25. The zero-order valence-corrected chi connectivity index (χ0v) is 21.5. The molecular weight excluding hydrogens is 492 g/mol. The standard InChI is InChI=1S/C26H28N6O4S/c1-16-21-11-25(27-13-22(21)20-6-5-18(10-24(20)36-16)31-7-3-4-8-31)29-17-9-23-26(28-12-17)35-15-19-14-30(2)37(33,34)32(19)23/h5-6,9-13,16,19H,3-4,7-8,14-15H2,1-2H3,(H,27,29)/t16?,19-/m0/s1. The molecule has 0 spiro atoms. The van der Waals surface area contributed by atoms with Crippen molar-refractivity contribution in [2.75, 3.05) is 47.8 Å². The largest absolute Gasteiger partial charge is 0.485 e. The summed E-state index contributed by atoms with van der Waals surface area (Å²) in [5.41, 5.74) is 5.39. The first-order chi connectivity index (χ1) is 17.9. The fourth-order valence-electron chi connectivity index (χ4n) is 5.70. The lowest BCUT2D eigenvalue weighted by Crippen LogP contribution is -2.42. The molecule has 0 saturated carbocycles. The van der Waals surface area contributed by atoms with Crippen LogP contribution in [0.25, 0.3) is 11.1 Å². The Morgan fingerprint density at radius 3 is 2.73 bits per heavy atom. The van der Waals surface area contributed by atoms with Gasteiger partial charge in [-0.1, -0.05) is 0 Å². The van der Waals surface area contributed by atoms with Crippen LogP contribution in [0.2, 0.25) is 0 Å². The fraction of sp³-hybridized carbons (Fsp3) is 0.385. The quantitative estimate of drug-likeness (QED) is 0.558. The van der Waals surface area contributed by atoms with Gasteiger partial charge in [0, 0.05) is 61.3 Å². The Bertz CT molecular complexity index is 1510. The molecule has 0 aliphatic carbocycles. The number of fused-ring (bicyclic) bond motifs is 6. The molecule has 3 aromatic rings. The zero-order chi connectivity index (χ0) is 25.3. The van der Waals surface area contributed by atoms with E-state index in [1.54, 1.807) is 19.3 Å². The second kappa shape index (κ2) is 8.22. The second-order valence-corrected chi connectivity index (χ2v) is 11.9. The highest BCUT2D eigenvalue weighted by atomic mass is 32.2. The van der Waals surface area contributed by atoms with Crippen LogP contribution in [0.15, 0.2) is 42.7 Å². The van der Waals surface area contributed by atoms with Crippen molar-refractivity contribution in [3.05, 3.63) is 48.3 Å². The van der Waals surface area contributed by atoms with Crippen molar-refractivity contribution < 1.29 is 17.9 Å². The van der Waals surface area contributed by atoms with Gasteiger partial charge in [0.1, 0.15) is 30.0 Å². The first kappa shape index (κ1) is 22.6. The molecule has 11 heteroatoms.